The fourth-order valence-corrected chi connectivity index (χ4v) is 21.1. The Kier molecular flexibility index (Phi) is 22.5. The average molecular weight is 674 g/mol. The second-order valence-corrected chi connectivity index (χ2v) is 21.9. The van der Waals surface area contributed by atoms with Crippen LogP contribution in [-0.2, 0) is 16.5 Å². The van der Waals surface area contributed by atoms with Crippen molar-refractivity contribution in [1.82, 2.24) is 0 Å². The summed E-state index contributed by atoms with van der Waals surface area (Å²) in [4.78, 5) is 0. The SMILES string of the molecule is C1CCC([PH+](C2CCCCC2)C2CCCCC2)CC1.C1CCC([PH+](C2CCCCC2)C2CCCCC2)CC1.[C-]#N.[C-]#N.[Ni+2]. The minimum atomic E-state index is -0.0465. The number of nitrogens with zero attached hydrogens (tertiary/aromatic N) is 2. The van der Waals surface area contributed by atoms with E-state index in [-0.39, 0.29) is 32.3 Å². The van der Waals surface area contributed by atoms with E-state index in [1.165, 1.54) is 34.0 Å². The Morgan fingerprint density at radius 2 is 0.372 bits per heavy atom. The maximum Gasteiger partial charge on any atom is 2.00 e. The van der Waals surface area contributed by atoms with Crippen LogP contribution in [0.2, 0.25) is 0 Å². The molecule has 0 aliphatic heterocycles. The molecule has 0 aromatic rings. The van der Waals surface area contributed by atoms with Gasteiger partial charge in [-0.25, -0.2) is 0 Å². The normalized spacial score (nSPS) is 25.6. The zero-order valence-corrected chi connectivity index (χ0v) is 30.9. The summed E-state index contributed by atoms with van der Waals surface area (Å²) in [5.41, 5.74) is 7.36. The molecule has 0 aromatic heterocycles. The van der Waals surface area contributed by atoms with Crippen molar-refractivity contribution in [2.24, 2.45) is 0 Å². The molecule has 2 nitrogen and oxygen atoms in total. The second-order valence-electron chi connectivity index (χ2n) is 15.0. The van der Waals surface area contributed by atoms with Crippen LogP contribution in [0.5, 0.6) is 0 Å². The van der Waals surface area contributed by atoms with Crippen LogP contribution in [0.15, 0.2) is 0 Å². The first-order chi connectivity index (χ1) is 20.9. The van der Waals surface area contributed by atoms with Crippen LogP contribution in [-0.4, -0.2) is 34.0 Å². The van der Waals surface area contributed by atoms with Gasteiger partial charge in [0.2, 0.25) is 0 Å². The maximum absolute atomic E-state index is 6.25. The van der Waals surface area contributed by atoms with Crippen molar-refractivity contribution in [2.45, 2.75) is 227 Å². The molecule has 248 valence electrons. The van der Waals surface area contributed by atoms with Crippen LogP contribution in [0.4, 0.5) is 0 Å². The van der Waals surface area contributed by atoms with Crippen LogP contribution >= 0.6 is 15.8 Å². The van der Waals surface area contributed by atoms with E-state index in [1.807, 2.05) is 0 Å². The van der Waals surface area contributed by atoms with E-state index in [4.69, 9.17) is 23.7 Å². The molecule has 0 unspecified atom stereocenters. The van der Waals surface area contributed by atoms with Crippen molar-refractivity contribution in [3.05, 3.63) is 13.1 Å². The smallest absolute Gasteiger partial charge is 0.512 e. The first-order valence-electron chi connectivity index (χ1n) is 19.1. The zero-order chi connectivity index (χ0) is 29.8. The van der Waals surface area contributed by atoms with Crippen LogP contribution in [0.3, 0.4) is 0 Å². The van der Waals surface area contributed by atoms with Gasteiger partial charge in [0.25, 0.3) is 0 Å². The van der Waals surface area contributed by atoms with Crippen molar-refractivity contribution >= 4 is 15.8 Å². The Bertz CT molecular complexity index is 548. The molecular formula is C38H68N2NiP2+2. The first-order valence-corrected chi connectivity index (χ1v) is 22.5. The summed E-state index contributed by atoms with van der Waals surface area (Å²) in [6.45, 7) is 9.50. The largest absolute Gasteiger partial charge is 2.00 e. The second kappa shape index (κ2) is 24.5. The Labute approximate surface area is 281 Å². The van der Waals surface area contributed by atoms with E-state index in [1.54, 1.807) is 193 Å². The van der Waals surface area contributed by atoms with Crippen LogP contribution in [0, 0.1) is 23.7 Å². The van der Waals surface area contributed by atoms with Crippen molar-refractivity contribution in [1.29, 1.82) is 10.5 Å². The molecule has 0 heterocycles. The summed E-state index contributed by atoms with van der Waals surface area (Å²) >= 11 is 0. The fraction of sp³-hybridized carbons (Fsp3) is 0.947. The molecule has 6 aliphatic carbocycles. The molecule has 5 heteroatoms. The molecule has 0 amide bonds. The summed E-state index contributed by atoms with van der Waals surface area (Å²) in [6.07, 6.45) is 47.6. The number of hydrogen-bond acceptors (Lipinski definition) is 2. The third kappa shape index (κ3) is 13.2. The van der Waals surface area contributed by atoms with E-state index in [0.717, 1.165) is 0 Å². The Morgan fingerprint density at radius 3 is 0.488 bits per heavy atom. The van der Waals surface area contributed by atoms with Crippen molar-refractivity contribution < 1.29 is 16.5 Å². The molecule has 0 N–H and O–H groups in total. The number of rotatable bonds is 6. The molecule has 0 atom stereocenters. The first kappa shape index (κ1) is 39.5. The number of hydrogen-bond donors (Lipinski definition) is 0. The monoisotopic (exact) mass is 672 g/mol. The van der Waals surface area contributed by atoms with Crippen LogP contribution in [0.1, 0.15) is 193 Å². The molecule has 0 bridgehead atoms. The third-order valence-corrected chi connectivity index (χ3v) is 21.6. The summed E-state index contributed by atoms with van der Waals surface area (Å²) in [5.74, 6) is 0. The minimum absolute atomic E-state index is 0. The molecule has 0 spiro atoms. The predicted molar refractivity (Wildman–Crippen MR) is 188 cm³/mol. The van der Waals surface area contributed by atoms with Crippen molar-refractivity contribution in [2.75, 3.05) is 0 Å². The molecule has 6 aliphatic rings. The van der Waals surface area contributed by atoms with Gasteiger partial charge in [-0.1, -0.05) is 38.5 Å². The van der Waals surface area contributed by atoms with E-state index in [9.17, 15) is 0 Å². The molecule has 6 rings (SSSR count). The van der Waals surface area contributed by atoms with E-state index in [0.29, 0.717) is 0 Å². The Morgan fingerprint density at radius 1 is 0.256 bits per heavy atom. The summed E-state index contributed by atoms with van der Waals surface area (Å²) in [7, 11) is -0.0930. The molecule has 6 saturated carbocycles. The summed E-state index contributed by atoms with van der Waals surface area (Å²) in [5, 5.41) is 12.5. The van der Waals surface area contributed by atoms with Gasteiger partial charge >= 0.3 is 16.5 Å². The molecule has 0 aromatic carbocycles. The van der Waals surface area contributed by atoms with E-state index < -0.39 is 0 Å². The van der Waals surface area contributed by atoms with Crippen molar-refractivity contribution in [3.63, 3.8) is 0 Å². The van der Waals surface area contributed by atoms with Gasteiger partial charge in [-0.2, -0.15) is 0 Å². The van der Waals surface area contributed by atoms with Gasteiger partial charge in [0.1, 0.15) is 0 Å². The van der Waals surface area contributed by atoms with Crippen molar-refractivity contribution in [3.8, 4) is 0 Å². The van der Waals surface area contributed by atoms with Gasteiger partial charge in [-0.05, 0) is 154 Å². The Balaban J connectivity index is 0.000000264. The maximum atomic E-state index is 6.25. The third-order valence-electron chi connectivity index (χ3n) is 12.5. The van der Waals surface area contributed by atoms with Crippen LogP contribution in [0.25, 0.3) is 0 Å². The molecular weight excluding hydrogens is 605 g/mol. The topological polar surface area (TPSA) is 47.6 Å². The molecule has 43 heavy (non-hydrogen) atoms. The zero-order valence-electron chi connectivity index (χ0n) is 27.9. The predicted octanol–water partition coefficient (Wildman–Crippen LogP) is 12.6. The van der Waals surface area contributed by atoms with E-state index >= 15 is 0 Å². The van der Waals surface area contributed by atoms with Gasteiger partial charge in [-0.3, -0.25) is 0 Å². The van der Waals surface area contributed by atoms with Crippen LogP contribution < -0.4 is 0 Å². The summed E-state index contributed by atoms with van der Waals surface area (Å²) in [6, 6.07) is 0. The average Bonchev–Trinajstić information content (AvgIpc) is 3.10. The van der Waals surface area contributed by atoms with Gasteiger partial charge in [0.15, 0.2) is 0 Å². The van der Waals surface area contributed by atoms with Gasteiger partial charge in [0.05, 0.1) is 34.0 Å². The Hall–Kier alpha value is 0.334. The molecule has 0 radical (unpaired) electrons. The van der Waals surface area contributed by atoms with Gasteiger partial charge in [0, 0.05) is 15.8 Å². The molecule has 6 fully saturated rings. The van der Waals surface area contributed by atoms with Gasteiger partial charge in [-0.15, -0.1) is 0 Å². The van der Waals surface area contributed by atoms with Gasteiger partial charge < -0.3 is 23.7 Å². The molecule has 0 saturated heterocycles. The summed E-state index contributed by atoms with van der Waals surface area (Å²) < 4.78 is 0. The standard InChI is InChI=1S/2C18H33P.2CN.Ni/c2*1-4-10-16(11-5-1)19(17-12-6-2-7-13-17)18-14-8-3-9-15-18;2*1-2;/h2*16-18H,1-15H2;;;/q;;2*-1;+2/p+2. The quantitative estimate of drug-likeness (QED) is 0.160. The minimum Gasteiger partial charge on any atom is -0.512 e. The van der Waals surface area contributed by atoms with E-state index in [2.05, 4.69) is 0 Å². The fourth-order valence-electron chi connectivity index (χ4n) is 10.6.